The molecule has 0 spiro atoms. The molecule has 1 amide bonds. The van der Waals surface area contributed by atoms with E-state index < -0.39 is 5.60 Å². The van der Waals surface area contributed by atoms with Gasteiger partial charge in [0.25, 0.3) is 5.91 Å². The molecule has 2 rings (SSSR count). The van der Waals surface area contributed by atoms with Gasteiger partial charge in [0, 0.05) is 19.6 Å². The van der Waals surface area contributed by atoms with E-state index >= 15 is 0 Å². The molecule has 0 unspecified atom stereocenters. The second-order valence-electron chi connectivity index (χ2n) is 7.78. The Balaban J connectivity index is 1.98. The van der Waals surface area contributed by atoms with Crippen molar-refractivity contribution in [3.63, 3.8) is 0 Å². The zero-order valence-electron chi connectivity index (χ0n) is 15.5. The standard InChI is InChI=1S/C20H32N2O2/c1-15(2)12-21-14-20(24)10-5-11-22(19(20)23)13-17-6-8-18(9-7-17)16(3)4/h6-9,15-16,21,24H,5,10-14H2,1-4H3/t20-/m0/s1. The van der Waals surface area contributed by atoms with Gasteiger partial charge in [-0.15, -0.1) is 0 Å². The van der Waals surface area contributed by atoms with Gasteiger partial charge in [-0.25, -0.2) is 0 Å². The largest absolute Gasteiger partial charge is 0.379 e. The fourth-order valence-electron chi connectivity index (χ4n) is 3.18. The molecule has 1 aromatic rings. The van der Waals surface area contributed by atoms with Crippen molar-refractivity contribution >= 4 is 5.91 Å². The summed E-state index contributed by atoms with van der Waals surface area (Å²) < 4.78 is 0. The molecule has 24 heavy (non-hydrogen) atoms. The highest BCUT2D eigenvalue weighted by Crippen LogP contribution is 2.24. The Kier molecular flexibility index (Phi) is 6.41. The minimum atomic E-state index is -1.26. The first-order chi connectivity index (χ1) is 11.3. The summed E-state index contributed by atoms with van der Waals surface area (Å²) in [6, 6.07) is 8.44. The Morgan fingerprint density at radius 3 is 2.46 bits per heavy atom. The number of aliphatic hydroxyl groups is 1. The second kappa shape index (κ2) is 8.13. The van der Waals surface area contributed by atoms with Crippen LogP contribution in [0.2, 0.25) is 0 Å². The minimum Gasteiger partial charge on any atom is -0.379 e. The molecule has 1 saturated heterocycles. The average Bonchev–Trinajstić information content (AvgIpc) is 2.52. The van der Waals surface area contributed by atoms with Gasteiger partial charge in [-0.3, -0.25) is 4.79 Å². The van der Waals surface area contributed by atoms with Crippen LogP contribution < -0.4 is 5.32 Å². The van der Waals surface area contributed by atoms with Gasteiger partial charge >= 0.3 is 0 Å². The van der Waals surface area contributed by atoms with Crippen molar-refractivity contribution in [2.45, 2.75) is 58.6 Å². The smallest absolute Gasteiger partial charge is 0.256 e. The fourth-order valence-corrected chi connectivity index (χ4v) is 3.18. The first kappa shape index (κ1) is 18.9. The van der Waals surface area contributed by atoms with Crippen LogP contribution in [0.25, 0.3) is 0 Å². The van der Waals surface area contributed by atoms with Crippen LogP contribution in [0.5, 0.6) is 0 Å². The Labute approximate surface area is 146 Å². The van der Waals surface area contributed by atoms with Crippen LogP contribution in [0.4, 0.5) is 0 Å². The summed E-state index contributed by atoms with van der Waals surface area (Å²) in [5.74, 6) is 0.869. The highest BCUT2D eigenvalue weighted by atomic mass is 16.3. The summed E-state index contributed by atoms with van der Waals surface area (Å²) in [4.78, 5) is 14.5. The predicted octanol–water partition coefficient (Wildman–Crippen LogP) is 2.91. The van der Waals surface area contributed by atoms with Crippen molar-refractivity contribution in [3.05, 3.63) is 35.4 Å². The molecule has 1 aromatic carbocycles. The highest BCUT2D eigenvalue weighted by Gasteiger charge is 2.41. The Morgan fingerprint density at radius 2 is 1.88 bits per heavy atom. The average molecular weight is 332 g/mol. The van der Waals surface area contributed by atoms with E-state index in [4.69, 9.17) is 0 Å². The summed E-state index contributed by atoms with van der Waals surface area (Å²) >= 11 is 0. The Bertz CT molecular complexity index is 539. The zero-order valence-corrected chi connectivity index (χ0v) is 15.5. The Hall–Kier alpha value is -1.39. The molecule has 0 aromatic heterocycles. The predicted molar refractivity (Wildman–Crippen MR) is 97.8 cm³/mol. The summed E-state index contributed by atoms with van der Waals surface area (Å²) in [7, 11) is 0. The van der Waals surface area contributed by atoms with E-state index in [1.54, 1.807) is 4.90 Å². The molecule has 4 nitrogen and oxygen atoms in total. The van der Waals surface area contributed by atoms with Crippen molar-refractivity contribution in [1.29, 1.82) is 0 Å². The molecule has 4 heteroatoms. The molecule has 0 saturated carbocycles. The van der Waals surface area contributed by atoms with Crippen LogP contribution in [-0.2, 0) is 11.3 Å². The second-order valence-corrected chi connectivity index (χ2v) is 7.78. The lowest BCUT2D eigenvalue weighted by Crippen LogP contribution is -2.57. The number of hydrogen-bond acceptors (Lipinski definition) is 3. The molecule has 0 aliphatic carbocycles. The summed E-state index contributed by atoms with van der Waals surface area (Å²) in [5, 5.41) is 14.0. The van der Waals surface area contributed by atoms with E-state index in [-0.39, 0.29) is 5.91 Å². The Morgan fingerprint density at radius 1 is 1.21 bits per heavy atom. The SMILES string of the molecule is CC(C)CNC[C@@]1(O)CCCN(Cc2ccc(C(C)C)cc2)C1=O. The van der Waals surface area contributed by atoms with Gasteiger partial charge in [0.15, 0.2) is 5.60 Å². The maximum Gasteiger partial charge on any atom is 0.256 e. The number of likely N-dealkylation sites (tertiary alicyclic amines) is 1. The van der Waals surface area contributed by atoms with Gasteiger partial charge in [-0.1, -0.05) is 52.0 Å². The number of rotatable bonds is 7. The molecule has 0 radical (unpaired) electrons. The molecule has 134 valence electrons. The minimum absolute atomic E-state index is 0.141. The molecule has 1 aliphatic rings. The van der Waals surface area contributed by atoms with Gasteiger partial charge in [0.1, 0.15) is 0 Å². The van der Waals surface area contributed by atoms with Crippen molar-refractivity contribution in [2.75, 3.05) is 19.6 Å². The van der Waals surface area contributed by atoms with E-state index in [9.17, 15) is 9.90 Å². The zero-order chi connectivity index (χ0) is 17.7. The van der Waals surface area contributed by atoms with Gasteiger partial charge in [0.05, 0.1) is 0 Å². The van der Waals surface area contributed by atoms with E-state index in [0.717, 1.165) is 25.1 Å². The molecule has 0 bridgehead atoms. The van der Waals surface area contributed by atoms with E-state index in [1.807, 2.05) is 0 Å². The first-order valence-corrected chi connectivity index (χ1v) is 9.13. The molecular weight excluding hydrogens is 300 g/mol. The van der Waals surface area contributed by atoms with Crippen LogP contribution in [0.1, 0.15) is 57.6 Å². The topological polar surface area (TPSA) is 52.6 Å². The maximum atomic E-state index is 12.7. The van der Waals surface area contributed by atoms with Crippen LogP contribution in [-0.4, -0.2) is 41.1 Å². The van der Waals surface area contributed by atoms with Gasteiger partial charge in [-0.2, -0.15) is 0 Å². The maximum absolute atomic E-state index is 12.7. The third-order valence-electron chi connectivity index (χ3n) is 4.69. The molecule has 2 N–H and O–H groups in total. The number of benzene rings is 1. The van der Waals surface area contributed by atoms with Crippen LogP contribution in [0, 0.1) is 5.92 Å². The third-order valence-corrected chi connectivity index (χ3v) is 4.69. The highest BCUT2D eigenvalue weighted by molar-refractivity contribution is 5.86. The number of hydrogen-bond donors (Lipinski definition) is 2. The lowest BCUT2D eigenvalue weighted by atomic mass is 9.91. The lowest BCUT2D eigenvalue weighted by Gasteiger charge is -2.38. The third kappa shape index (κ3) is 4.81. The quantitative estimate of drug-likeness (QED) is 0.807. The van der Waals surface area contributed by atoms with Crippen molar-refractivity contribution in [3.8, 4) is 0 Å². The van der Waals surface area contributed by atoms with Crippen molar-refractivity contribution in [1.82, 2.24) is 10.2 Å². The van der Waals surface area contributed by atoms with Gasteiger partial charge < -0.3 is 15.3 Å². The normalized spacial score (nSPS) is 21.8. The number of piperidine rings is 1. The van der Waals surface area contributed by atoms with Crippen LogP contribution in [0.3, 0.4) is 0 Å². The lowest BCUT2D eigenvalue weighted by molar-refractivity contribution is -0.157. The number of nitrogens with zero attached hydrogens (tertiary/aromatic N) is 1. The summed E-state index contributed by atoms with van der Waals surface area (Å²) in [6.07, 6.45) is 1.38. The molecule has 1 heterocycles. The number of carbonyl (C=O) groups excluding carboxylic acids is 1. The summed E-state index contributed by atoms with van der Waals surface area (Å²) in [5.41, 5.74) is 1.16. The molecule has 1 fully saturated rings. The molecular formula is C20H32N2O2. The summed E-state index contributed by atoms with van der Waals surface area (Å²) in [6.45, 7) is 11.0. The fraction of sp³-hybridized carbons (Fsp3) is 0.650. The molecule has 1 atom stereocenters. The van der Waals surface area contributed by atoms with E-state index in [2.05, 4.69) is 57.3 Å². The van der Waals surface area contributed by atoms with Crippen LogP contribution in [0.15, 0.2) is 24.3 Å². The first-order valence-electron chi connectivity index (χ1n) is 9.13. The number of nitrogens with one attached hydrogen (secondary N) is 1. The van der Waals surface area contributed by atoms with E-state index in [0.29, 0.717) is 31.3 Å². The van der Waals surface area contributed by atoms with Gasteiger partial charge in [-0.05, 0) is 42.3 Å². The van der Waals surface area contributed by atoms with E-state index in [1.165, 1.54) is 5.56 Å². The number of amides is 1. The van der Waals surface area contributed by atoms with Crippen LogP contribution >= 0.6 is 0 Å². The monoisotopic (exact) mass is 332 g/mol. The number of carbonyl (C=O) groups is 1. The van der Waals surface area contributed by atoms with Crippen molar-refractivity contribution in [2.24, 2.45) is 5.92 Å². The van der Waals surface area contributed by atoms with Crippen molar-refractivity contribution < 1.29 is 9.90 Å². The molecule has 1 aliphatic heterocycles. The van der Waals surface area contributed by atoms with Gasteiger partial charge in [0.2, 0.25) is 0 Å².